The van der Waals surface area contributed by atoms with E-state index in [0.29, 0.717) is 6.04 Å². The quantitative estimate of drug-likeness (QED) is 0.826. The molecule has 1 heterocycles. The van der Waals surface area contributed by atoms with Gasteiger partial charge in [0.15, 0.2) is 6.39 Å². The predicted molar refractivity (Wildman–Crippen MR) is 59.3 cm³/mol. The average molecular weight is 208 g/mol. The van der Waals surface area contributed by atoms with E-state index in [4.69, 9.17) is 4.42 Å². The molecule has 3 heteroatoms. The highest BCUT2D eigenvalue weighted by Gasteiger charge is 2.30. The van der Waals surface area contributed by atoms with Crippen molar-refractivity contribution in [3.8, 4) is 0 Å². The molecule has 1 aliphatic rings. The van der Waals surface area contributed by atoms with Crippen LogP contribution in [0.5, 0.6) is 0 Å². The van der Waals surface area contributed by atoms with Crippen LogP contribution in [0.1, 0.15) is 38.9 Å². The summed E-state index contributed by atoms with van der Waals surface area (Å²) in [7, 11) is 0. The van der Waals surface area contributed by atoms with Crippen molar-refractivity contribution in [3.63, 3.8) is 0 Å². The molecule has 0 amide bonds. The number of aromatic nitrogens is 1. The van der Waals surface area contributed by atoms with E-state index < -0.39 is 0 Å². The summed E-state index contributed by atoms with van der Waals surface area (Å²) in [5, 5.41) is 3.56. The highest BCUT2D eigenvalue weighted by atomic mass is 16.3. The third-order valence-corrected chi connectivity index (χ3v) is 3.77. The van der Waals surface area contributed by atoms with Gasteiger partial charge in [0.2, 0.25) is 0 Å². The molecule has 1 aliphatic carbocycles. The monoisotopic (exact) mass is 208 g/mol. The van der Waals surface area contributed by atoms with Gasteiger partial charge in [0.05, 0.1) is 12.7 Å². The molecule has 3 unspecified atom stereocenters. The summed E-state index contributed by atoms with van der Waals surface area (Å²) in [4.78, 5) is 3.91. The minimum Gasteiger partial charge on any atom is -0.447 e. The van der Waals surface area contributed by atoms with Crippen molar-refractivity contribution in [3.05, 3.63) is 18.4 Å². The first-order valence-electron chi connectivity index (χ1n) is 5.92. The van der Waals surface area contributed by atoms with E-state index in [1.807, 2.05) is 0 Å². The van der Waals surface area contributed by atoms with Crippen LogP contribution in [0.25, 0.3) is 0 Å². The third kappa shape index (κ3) is 2.40. The summed E-state index contributed by atoms with van der Waals surface area (Å²) >= 11 is 0. The Bertz CT molecular complexity index is 284. The molecule has 1 N–H and O–H groups in total. The molecule has 3 atom stereocenters. The SMILES string of the molecule is CCC1CCC(NCc2cnco2)C1C. The minimum absolute atomic E-state index is 0.653. The Morgan fingerprint density at radius 3 is 3.00 bits per heavy atom. The summed E-state index contributed by atoms with van der Waals surface area (Å²) in [5.74, 6) is 2.62. The van der Waals surface area contributed by atoms with E-state index in [2.05, 4.69) is 24.1 Å². The highest BCUT2D eigenvalue weighted by Crippen LogP contribution is 2.33. The van der Waals surface area contributed by atoms with Gasteiger partial charge in [-0.3, -0.25) is 0 Å². The molecule has 3 nitrogen and oxygen atoms in total. The van der Waals surface area contributed by atoms with Crippen LogP contribution in [-0.2, 0) is 6.54 Å². The first kappa shape index (κ1) is 10.7. The normalized spacial score (nSPS) is 30.9. The molecule has 84 valence electrons. The topological polar surface area (TPSA) is 38.1 Å². The number of hydrogen-bond donors (Lipinski definition) is 1. The van der Waals surface area contributed by atoms with Crippen molar-refractivity contribution in [2.45, 2.75) is 45.7 Å². The van der Waals surface area contributed by atoms with Crippen molar-refractivity contribution in [1.29, 1.82) is 0 Å². The van der Waals surface area contributed by atoms with Gasteiger partial charge in [0.25, 0.3) is 0 Å². The first-order valence-corrected chi connectivity index (χ1v) is 5.92. The van der Waals surface area contributed by atoms with Crippen molar-refractivity contribution in [2.75, 3.05) is 0 Å². The standard InChI is InChI=1S/C12H20N2O/c1-3-10-4-5-12(9(10)2)14-7-11-6-13-8-15-11/h6,8-10,12,14H,3-5,7H2,1-2H3. The number of nitrogens with zero attached hydrogens (tertiary/aromatic N) is 1. The van der Waals surface area contributed by atoms with E-state index in [0.717, 1.165) is 24.1 Å². The molecule has 0 saturated heterocycles. The molecule has 0 bridgehead atoms. The lowest BCUT2D eigenvalue weighted by atomic mass is 9.93. The van der Waals surface area contributed by atoms with Crippen LogP contribution in [0.15, 0.2) is 17.0 Å². The lowest BCUT2D eigenvalue weighted by Gasteiger charge is -2.20. The second kappa shape index (κ2) is 4.79. The number of rotatable bonds is 4. The summed E-state index contributed by atoms with van der Waals surface area (Å²) in [6.07, 6.45) is 7.25. The Morgan fingerprint density at radius 1 is 1.53 bits per heavy atom. The number of oxazole rings is 1. The van der Waals surface area contributed by atoms with Gasteiger partial charge in [-0.2, -0.15) is 0 Å². The Hall–Kier alpha value is -0.830. The Labute approximate surface area is 91.3 Å². The van der Waals surface area contributed by atoms with Gasteiger partial charge in [0, 0.05) is 6.04 Å². The molecule has 15 heavy (non-hydrogen) atoms. The van der Waals surface area contributed by atoms with E-state index >= 15 is 0 Å². The average Bonchev–Trinajstić information content (AvgIpc) is 2.85. The fraction of sp³-hybridized carbons (Fsp3) is 0.750. The lowest BCUT2D eigenvalue weighted by molar-refractivity contribution is 0.335. The Kier molecular flexibility index (Phi) is 3.41. The van der Waals surface area contributed by atoms with E-state index in [9.17, 15) is 0 Å². The summed E-state index contributed by atoms with van der Waals surface area (Å²) < 4.78 is 5.21. The lowest BCUT2D eigenvalue weighted by Crippen LogP contribution is -2.32. The summed E-state index contributed by atoms with van der Waals surface area (Å²) in [5.41, 5.74) is 0. The molecule has 0 spiro atoms. The maximum atomic E-state index is 5.21. The molecule has 0 radical (unpaired) electrons. The molecular formula is C12H20N2O. The van der Waals surface area contributed by atoms with Crippen LogP contribution in [0, 0.1) is 11.8 Å². The van der Waals surface area contributed by atoms with Crippen molar-refractivity contribution in [1.82, 2.24) is 10.3 Å². The smallest absolute Gasteiger partial charge is 0.180 e. The highest BCUT2D eigenvalue weighted by molar-refractivity contribution is 4.91. The minimum atomic E-state index is 0.653. The number of nitrogens with one attached hydrogen (secondary N) is 1. The van der Waals surface area contributed by atoms with Gasteiger partial charge in [-0.1, -0.05) is 20.3 Å². The number of hydrogen-bond acceptors (Lipinski definition) is 3. The zero-order valence-corrected chi connectivity index (χ0v) is 9.57. The maximum Gasteiger partial charge on any atom is 0.180 e. The van der Waals surface area contributed by atoms with Gasteiger partial charge >= 0.3 is 0 Å². The fourth-order valence-electron chi connectivity index (χ4n) is 2.67. The van der Waals surface area contributed by atoms with Crippen molar-refractivity contribution < 1.29 is 4.42 Å². The van der Waals surface area contributed by atoms with Crippen LogP contribution in [0.4, 0.5) is 0 Å². The molecule has 0 aromatic carbocycles. The summed E-state index contributed by atoms with van der Waals surface area (Å²) in [6.45, 7) is 5.46. The zero-order valence-electron chi connectivity index (χ0n) is 9.57. The summed E-state index contributed by atoms with van der Waals surface area (Å²) in [6, 6.07) is 0.653. The van der Waals surface area contributed by atoms with Gasteiger partial charge in [-0.25, -0.2) is 4.98 Å². The van der Waals surface area contributed by atoms with Crippen LogP contribution in [-0.4, -0.2) is 11.0 Å². The van der Waals surface area contributed by atoms with E-state index in [-0.39, 0.29) is 0 Å². The van der Waals surface area contributed by atoms with Gasteiger partial charge < -0.3 is 9.73 Å². The predicted octanol–water partition coefficient (Wildman–Crippen LogP) is 2.59. The molecule has 0 aliphatic heterocycles. The molecule has 1 aromatic rings. The van der Waals surface area contributed by atoms with Gasteiger partial charge in [-0.15, -0.1) is 0 Å². The van der Waals surface area contributed by atoms with Gasteiger partial charge in [0.1, 0.15) is 5.76 Å². The molecule has 1 fully saturated rings. The van der Waals surface area contributed by atoms with Crippen LogP contribution >= 0.6 is 0 Å². The first-order chi connectivity index (χ1) is 7.31. The van der Waals surface area contributed by atoms with E-state index in [1.165, 1.54) is 25.7 Å². The third-order valence-electron chi connectivity index (χ3n) is 3.77. The second-order valence-corrected chi connectivity index (χ2v) is 4.56. The Balaban J connectivity index is 1.81. The maximum absolute atomic E-state index is 5.21. The van der Waals surface area contributed by atoms with Crippen LogP contribution in [0.2, 0.25) is 0 Å². The van der Waals surface area contributed by atoms with Crippen molar-refractivity contribution >= 4 is 0 Å². The van der Waals surface area contributed by atoms with Crippen molar-refractivity contribution in [2.24, 2.45) is 11.8 Å². The molecule has 2 rings (SSSR count). The van der Waals surface area contributed by atoms with E-state index in [1.54, 1.807) is 6.20 Å². The molecule has 1 saturated carbocycles. The Morgan fingerprint density at radius 2 is 2.40 bits per heavy atom. The van der Waals surface area contributed by atoms with Gasteiger partial charge in [-0.05, 0) is 24.7 Å². The van der Waals surface area contributed by atoms with Crippen LogP contribution in [0.3, 0.4) is 0 Å². The van der Waals surface area contributed by atoms with Crippen LogP contribution < -0.4 is 5.32 Å². The molecular weight excluding hydrogens is 188 g/mol. The fourth-order valence-corrected chi connectivity index (χ4v) is 2.67. The molecule has 1 aromatic heterocycles. The zero-order chi connectivity index (χ0) is 10.7. The largest absolute Gasteiger partial charge is 0.447 e. The second-order valence-electron chi connectivity index (χ2n) is 4.56.